The van der Waals surface area contributed by atoms with E-state index in [0.29, 0.717) is 18.5 Å². The van der Waals surface area contributed by atoms with E-state index in [2.05, 4.69) is 4.98 Å². The lowest BCUT2D eigenvalue weighted by molar-refractivity contribution is 0.0757. The third-order valence-electron chi connectivity index (χ3n) is 2.51. The molecule has 0 aromatic carbocycles. The van der Waals surface area contributed by atoms with Crippen LogP contribution in [-0.4, -0.2) is 34.3 Å². The highest BCUT2D eigenvalue weighted by atomic mass is 35.5. The van der Waals surface area contributed by atoms with Gasteiger partial charge in [-0.25, -0.2) is 4.98 Å². The lowest BCUT2D eigenvalue weighted by Gasteiger charge is -2.20. The molecule has 82 valence electrons. The van der Waals surface area contributed by atoms with Crippen LogP contribution in [0.4, 0.5) is 0 Å². The number of aromatic nitrogens is 1. The van der Waals surface area contributed by atoms with E-state index in [-0.39, 0.29) is 5.91 Å². The van der Waals surface area contributed by atoms with Gasteiger partial charge in [0, 0.05) is 18.5 Å². The van der Waals surface area contributed by atoms with Crippen LogP contribution in [0.3, 0.4) is 0 Å². The van der Waals surface area contributed by atoms with Gasteiger partial charge in [0.25, 0.3) is 5.91 Å². The largest absolute Gasteiger partial charge is 0.334 e. The molecule has 1 aromatic heterocycles. The fraction of sp³-hybridized carbons (Fsp3) is 0.600. The third kappa shape index (κ3) is 2.32. The van der Waals surface area contributed by atoms with E-state index >= 15 is 0 Å². The predicted octanol–water partition coefficient (Wildman–Crippen LogP) is 2.29. The van der Waals surface area contributed by atoms with Crippen LogP contribution in [0, 0.1) is 6.92 Å². The second-order valence-electron chi connectivity index (χ2n) is 3.69. The maximum Gasteiger partial charge on any atom is 0.266 e. The number of hydrogen-bond donors (Lipinski definition) is 0. The molecule has 5 heteroatoms. The number of thiazole rings is 1. The molecule has 0 aliphatic heterocycles. The molecule has 15 heavy (non-hydrogen) atoms. The average molecular weight is 245 g/mol. The molecule has 1 aliphatic carbocycles. The number of nitrogens with zero attached hydrogens (tertiary/aromatic N) is 2. The molecule has 0 saturated heterocycles. The Morgan fingerprint density at radius 1 is 1.73 bits per heavy atom. The minimum absolute atomic E-state index is 0.0955. The van der Waals surface area contributed by atoms with Gasteiger partial charge in [0.1, 0.15) is 4.88 Å². The Kier molecular flexibility index (Phi) is 3.26. The Morgan fingerprint density at radius 2 is 2.47 bits per heavy atom. The molecule has 0 radical (unpaired) electrons. The molecular weight excluding hydrogens is 232 g/mol. The highest BCUT2D eigenvalue weighted by molar-refractivity contribution is 7.11. The van der Waals surface area contributed by atoms with E-state index in [1.807, 2.05) is 11.8 Å². The van der Waals surface area contributed by atoms with Crippen LogP contribution in [0.1, 0.15) is 28.2 Å². The SMILES string of the molecule is Cc1ncsc1C(=O)N(CCCl)C1CC1. The van der Waals surface area contributed by atoms with Gasteiger partial charge in [-0.1, -0.05) is 0 Å². The van der Waals surface area contributed by atoms with Crippen LogP contribution in [0.15, 0.2) is 5.51 Å². The van der Waals surface area contributed by atoms with Gasteiger partial charge < -0.3 is 4.90 Å². The molecule has 1 fully saturated rings. The fourth-order valence-electron chi connectivity index (χ4n) is 1.56. The number of aryl methyl sites for hydroxylation is 1. The Morgan fingerprint density at radius 3 is 2.93 bits per heavy atom. The van der Waals surface area contributed by atoms with Crippen LogP contribution in [0.25, 0.3) is 0 Å². The number of rotatable bonds is 4. The van der Waals surface area contributed by atoms with Crippen molar-refractivity contribution in [1.82, 2.24) is 9.88 Å². The minimum atomic E-state index is 0.0955. The number of hydrogen-bond acceptors (Lipinski definition) is 3. The first-order valence-corrected chi connectivity index (χ1v) is 6.42. The van der Waals surface area contributed by atoms with Crippen molar-refractivity contribution in [3.8, 4) is 0 Å². The summed E-state index contributed by atoms with van der Waals surface area (Å²) in [5.74, 6) is 0.596. The van der Waals surface area contributed by atoms with Gasteiger partial charge >= 0.3 is 0 Å². The zero-order valence-electron chi connectivity index (χ0n) is 8.57. The Bertz CT molecular complexity index is 362. The molecule has 0 N–H and O–H groups in total. The van der Waals surface area contributed by atoms with Crippen LogP contribution in [0.5, 0.6) is 0 Å². The Balaban J connectivity index is 2.14. The van der Waals surface area contributed by atoms with Gasteiger partial charge in [-0.2, -0.15) is 0 Å². The first-order chi connectivity index (χ1) is 7.24. The van der Waals surface area contributed by atoms with Crippen molar-refractivity contribution in [2.75, 3.05) is 12.4 Å². The van der Waals surface area contributed by atoms with Crippen molar-refractivity contribution >= 4 is 28.8 Å². The van der Waals surface area contributed by atoms with Gasteiger partial charge in [0.05, 0.1) is 11.2 Å². The second-order valence-corrected chi connectivity index (χ2v) is 4.92. The molecule has 0 unspecified atom stereocenters. The molecule has 3 nitrogen and oxygen atoms in total. The second kappa shape index (κ2) is 4.49. The summed E-state index contributed by atoms with van der Waals surface area (Å²) in [6.45, 7) is 2.51. The fourth-order valence-corrected chi connectivity index (χ4v) is 2.50. The summed E-state index contributed by atoms with van der Waals surface area (Å²) in [7, 11) is 0. The zero-order valence-corrected chi connectivity index (χ0v) is 10.1. The first kappa shape index (κ1) is 10.9. The number of amides is 1. The molecule has 2 rings (SSSR count). The lowest BCUT2D eigenvalue weighted by atomic mass is 10.3. The third-order valence-corrected chi connectivity index (χ3v) is 3.60. The van der Waals surface area contributed by atoms with E-state index in [4.69, 9.17) is 11.6 Å². The highest BCUT2D eigenvalue weighted by Crippen LogP contribution is 2.29. The molecular formula is C10H13ClN2OS. The number of carbonyl (C=O) groups excluding carboxylic acids is 1. The normalized spacial score (nSPS) is 15.3. The summed E-state index contributed by atoms with van der Waals surface area (Å²) in [5.41, 5.74) is 2.54. The van der Waals surface area contributed by atoms with Crippen LogP contribution >= 0.6 is 22.9 Å². The summed E-state index contributed by atoms with van der Waals surface area (Å²) >= 11 is 7.12. The predicted molar refractivity (Wildman–Crippen MR) is 61.6 cm³/mol. The highest BCUT2D eigenvalue weighted by Gasteiger charge is 2.33. The average Bonchev–Trinajstić information content (AvgIpc) is 2.97. The standard InChI is InChI=1S/C10H13ClN2OS/c1-7-9(15-6-12-7)10(14)13(5-4-11)8-2-3-8/h6,8H,2-5H2,1H3. The zero-order chi connectivity index (χ0) is 10.8. The summed E-state index contributed by atoms with van der Waals surface area (Å²) in [4.78, 5) is 18.9. The van der Waals surface area contributed by atoms with Gasteiger partial charge in [0.2, 0.25) is 0 Å². The van der Waals surface area contributed by atoms with Gasteiger partial charge in [0.15, 0.2) is 0 Å². The molecule has 1 heterocycles. The van der Waals surface area contributed by atoms with Gasteiger partial charge in [-0.05, 0) is 19.8 Å². The van der Waals surface area contributed by atoms with Gasteiger partial charge in [-0.15, -0.1) is 22.9 Å². The topological polar surface area (TPSA) is 33.2 Å². The molecule has 0 bridgehead atoms. The van der Waals surface area contributed by atoms with Crippen LogP contribution in [0.2, 0.25) is 0 Å². The van der Waals surface area contributed by atoms with Crippen molar-refractivity contribution in [2.45, 2.75) is 25.8 Å². The number of carbonyl (C=O) groups is 1. The van der Waals surface area contributed by atoms with Crippen molar-refractivity contribution in [3.63, 3.8) is 0 Å². The summed E-state index contributed by atoms with van der Waals surface area (Å²) < 4.78 is 0. The van der Waals surface area contributed by atoms with E-state index in [1.54, 1.807) is 5.51 Å². The molecule has 1 saturated carbocycles. The van der Waals surface area contributed by atoms with Crippen molar-refractivity contribution < 1.29 is 4.79 Å². The quantitative estimate of drug-likeness (QED) is 0.762. The molecule has 0 spiro atoms. The van der Waals surface area contributed by atoms with Crippen molar-refractivity contribution in [2.24, 2.45) is 0 Å². The van der Waals surface area contributed by atoms with Crippen molar-refractivity contribution in [3.05, 3.63) is 16.1 Å². The maximum atomic E-state index is 12.1. The smallest absolute Gasteiger partial charge is 0.266 e. The molecule has 1 amide bonds. The van der Waals surface area contributed by atoms with Crippen LogP contribution < -0.4 is 0 Å². The van der Waals surface area contributed by atoms with E-state index in [9.17, 15) is 4.79 Å². The van der Waals surface area contributed by atoms with E-state index in [0.717, 1.165) is 23.4 Å². The van der Waals surface area contributed by atoms with Crippen molar-refractivity contribution in [1.29, 1.82) is 0 Å². The monoisotopic (exact) mass is 244 g/mol. The number of alkyl halides is 1. The molecule has 0 atom stereocenters. The number of halogens is 1. The Hall–Kier alpha value is -0.610. The Labute approximate surface area is 98.1 Å². The summed E-state index contributed by atoms with van der Waals surface area (Å²) in [5, 5.41) is 0. The van der Waals surface area contributed by atoms with Crippen LogP contribution in [-0.2, 0) is 0 Å². The minimum Gasteiger partial charge on any atom is -0.334 e. The van der Waals surface area contributed by atoms with Gasteiger partial charge in [-0.3, -0.25) is 4.79 Å². The molecule has 1 aromatic rings. The maximum absolute atomic E-state index is 12.1. The summed E-state index contributed by atoms with van der Waals surface area (Å²) in [6, 6.07) is 0.415. The molecule has 1 aliphatic rings. The lowest BCUT2D eigenvalue weighted by Crippen LogP contribution is -2.34. The summed E-state index contributed by atoms with van der Waals surface area (Å²) in [6.07, 6.45) is 2.22. The van der Waals surface area contributed by atoms with E-state index < -0.39 is 0 Å². The van der Waals surface area contributed by atoms with E-state index in [1.165, 1.54) is 11.3 Å². The first-order valence-electron chi connectivity index (χ1n) is 5.01.